The standard InChI is InChI=1S/C15H15F3N2O3/c1-2-12(21)9-5-6-11-10(8-9)19-14(15(16,17)18)20(11)7-3-4-13(22)23/h5-6,8H,2-4,7H2,1H3,(H,22,23). The van der Waals surface area contributed by atoms with E-state index in [0.717, 1.165) is 4.57 Å². The molecule has 23 heavy (non-hydrogen) atoms. The molecule has 0 saturated carbocycles. The fourth-order valence-corrected chi connectivity index (χ4v) is 2.34. The average Bonchev–Trinajstić information content (AvgIpc) is 2.84. The number of alkyl halides is 3. The van der Waals surface area contributed by atoms with Crippen LogP contribution < -0.4 is 0 Å². The molecule has 0 fully saturated rings. The van der Waals surface area contributed by atoms with Crippen molar-refractivity contribution in [2.75, 3.05) is 0 Å². The third kappa shape index (κ3) is 3.69. The Labute approximate surface area is 129 Å². The van der Waals surface area contributed by atoms with Crippen molar-refractivity contribution in [3.8, 4) is 0 Å². The van der Waals surface area contributed by atoms with Gasteiger partial charge in [-0.1, -0.05) is 6.92 Å². The van der Waals surface area contributed by atoms with Crippen LogP contribution in [0.2, 0.25) is 0 Å². The van der Waals surface area contributed by atoms with Crippen molar-refractivity contribution in [2.45, 2.75) is 38.9 Å². The Kier molecular flexibility index (Phi) is 4.72. The Morgan fingerprint density at radius 2 is 2.00 bits per heavy atom. The molecule has 0 bridgehead atoms. The number of imidazole rings is 1. The van der Waals surface area contributed by atoms with Crippen LogP contribution in [0.15, 0.2) is 18.2 Å². The van der Waals surface area contributed by atoms with Gasteiger partial charge >= 0.3 is 12.1 Å². The number of aromatic nitrogens is 2. The molecule has 0 spiro atoms. The molecule has 1 N–H and O–H groups in total. The van der Waals surface area contributed by atoms with E-state index in [9.17, 15) is 22.8 Å². The van der Waals surface area contributed by atoms with Crippen LogP contribution in [-0.2, 0) is 17.5 Å². The number of carbonyl (C=O) groups excluding carboxylic acids is 1. The highest BCUT2D eigenvalue weighted by molar-refractivity contribution is 5.98. The van der Waals surface area contributed by atoms with Gasteiger partial charge in [0.25, 0.3) is 0 Å². The van der Waals surface area contributed by atoms with Gasteiger partial charge in [0.2, 0.25) is 5.82 Å². The van der Waals surface area contributed by atoms with Gasteiger partial charge in [0, 0.05) is 24.9 Å². The molecule has 0 unspecified atom stereocenters. The van der Waals surface area contributed by atoms with Gasteiger partial charge < -0.3 is 9.67 Å². The Hall–Kier alpha value is -2.38. The van der Waals surface area contributed by atoms with Gasteiger partial charge in [-0.05, 0) is 24.6 Å². The van der Waals surface area contributed by atoms with Crippen LogP contribution in [-0.4, -0.2) is 26.4 Å². The molecule has 2 rings (SSSR count). The molecular weight excluding hydrogens is 313 g/mol. The van der Waals surface area contributed by atoms with Crippen molar-refractivity contribution in [3.63, 3.8) is 0 Å². The number of carboxylic acids is 1. The van der Waals surface area contributed by atoms with E-state index in [2.05, 4.69) is 4.98 Å². The minimum absolute atomic E-state index is 0.0551. The summed E-state index contributed by atoms with van der Waals surface area (Å²) in [4.78, 5) is 25.8. The summed E-state index contributed by atoms with van der Waals surface area (Å²) in [7, 11) is 0. The number of rotatable bonds is 6. The number of carboxylic acid groups (broad SMARTS) is 1. The lowest BCUT2D eigenvalue weighted by molar-refractivity contribution is -0.146. The first-order valence-corrected chi connectivity index (χ1v) is 7.06. The molecular formula is C15H15F3N2O3. The molecule has 1 aromatic carbocycles. The van der Waals surface area contributed by atoms with E-state index >= 15 is 0 Å². The zero-order valence-corrected chi connectivity index (χ0v) is 12.4. The number of fused-ring (bicyclic) bond motifs is 1. The summed E-state index contributed by atoms with van der Waals surface area (Å²) < 4.78 is 40.4. The molecule has 0 saturated heterocycles. The smallest absolute Gasteiger partial charge is 0.449 e. The lowest BCUT2D eigenvalue weighted by atomic mass is 10.1. The highest BCUT2D eigenvalue weighted by Crippen LogP contribution is 2.32. The predicted molar refractivity (Wildman–Crippen MR) is 76.2 cm³/mol. The summed E-state index contributed by atoms with van der Waals surface area (Å²) >= 11 is 0. The second kappa shape index (κ2) is 6.39. The minimum Gasteiger partial charge on any atom is -0.481 e. The maximum absolute atomic E-state index is 13.1. The molecule has 0 aliphatic heterocycles. The number of carbonyl (C=O) groups is 2. The highest BCUT2D eigenvalue weighted by Gasteiger charge is 2.37. The number of ketones is 1. The lowest BCUT2D eigenvalue weighted by Crippen LogP contribution is -2.15. The van der Waals surface area contributed by atoms with Crippen LogP contribution in [0.4, 0.5) is 13.2 Å². The van der Waals surface area contributed by atoms with Crippen molar-refractivity contribution in [2.24, 2.45) is 0 Å². The summed E-state index contributed by atoms with van der Waals surface area (Å²) in [5, 5.41) is 8.62. The van der Waals surface area contributed by atoms with Gasteiger partial charge in [0.1, 0.15) is 0 Å². The number of aryl methyl sites for hydroxylation is 1. The SMILES string of the molecule is CCC(=O)c1ccc2c(c1)nc(C(F)(F)F)n2CCCC(=O)O. The van der Waals surface area contributed by atoms with Crippen LogP contribution in [0, 0.1) is 0 Å². The summed E-state index contributed by atoms with van der Waals surface area (Å²) in [6.07, 6.45) is -4.59. The van der Waals surface area contributed by atoms with E-state index in [1.165, 1.54) is 18.2 Å². The fourth-order valence-electron chi connectivity index (χ4n) is 2.34. The monoisotopic (exact) mass is 328 g/mol. The van der Waals surface area contributed by atoms with Gasteiger partial charge in [-0.15, -0.1) is 0 Å². The number of hydrogen-bond donors (Lipinski definition) is 1. The Morgan fingerprint density at radius 3 is 2.57 bits per heavy atom. The van der Waals surface area contributed by atoms with Crippen molar-refractivity contribution < 1.29 is 27.9 Å². The van der Waals surface area contributed by atoms with E-state index < -0.39 is 18.0 Å². The molecule has 124 valence electrons. The van der Waals surface area contributed by atoms with Gasteiger partial charge in [-0.2, -0.15) is 13.2 Å². The molecule has 2 aromatic rings. The summed E-state index contributed by atoms with van der Waals surface area (Å²) in [6.45, 7) is 1.55. The Bertz CT molecular complexity index is 750. The zero-order valence-electron chi connectivity index (χ0n) is 12.4. The van der Waals surface area contributed by atoms with Gasteiger partial charge in [0.05, 0.1) is 11.0 Å². The second-order valence-corrected chi connectivity index (χ2v) is 5.06. The summed E-state index contributed by atoms with van der Waals surface area (Å²) in [5.74, 6) is -2.33. The van der Waals surface area contributed by atoms with Crippen LogP contribution in [0.3, 0.4) is 0 Å². The van der Waals surface area contributed by atoms with Gasteiger partial charge in [0.15, 0.2) is 5.78 Å². The highest BCUT2D eigenvalue weighted by atomic mass is 19.4. The number of halogens is 3. The molecule has 5 nitrogen and oxygen atoms in total. The summed E-state index contributed by atoms with van der Waals surface area (Å²) in [6, 6.07) is 4.22. The maximum Gasteiger partial charge on any atom is 0.449 e. The van der Waals surface area contributed by atoms with Crippen molar-refractivity contribution in [1.82, 2.24) is 9.55 Å². The number of benzene rings is 1. The minimum atomic E-state index is -4.66. The van der Waals surface area contributed by atoms with Crippen LogP contribution in [0.25, 0.3) is 11.0 Å². The molecule has 1 aromatic heterocycles. The number of Topliss-reactive ketones (excluding diaryl/α,β-unsaturated/α-hetero) is 1. The largest absolute Gasteiger partial charge is 0.481 e. The van der Waals surface area contributed by atoms with E-state index in [1.807, 2.05) is 0 Å². The zero-order chi connectivity index (χ0) is 17.2. The van der Waals surface area contributed by atoms with Crippen LogP contribution >= 0.6 is 0 Å². The first kappa shape index (κ1) is 17.0. The quantitative estimate of drug-likeness (QED) is 0.824. The molecule has 0 radical (unpaired) electrons. The van der Waals surface area contributed by atoms with Crippen molar-refractivity contribution >= 4 is 22.8 Å². The molecule has 1 heterocycles. The lowest BCUT2D eigenvalue weighted by Gasteiger charge is -2.10. The molecule has 0 atom stereocenters. The van der Waals surface area contributed by atoms with E-state index in [0.29, 0.717) is 5.56 Å². The number of hydrogen-bond acceptors (Lipinski definition) is 3. The number of nitrogens with zero attached hydrogens (tertiary/aromatic N) is 2. The van der Waals surface area contributed by atoms with Gasteiger partial charge in [-0.3, -0.25) is 9.59 Å². The predicted octanol–water partition coefficient (Wildman–Crippen LogP) is 3.51. The second-order valence-electron chi connectivity index (χ2n) is 5.06. The van der Waals surface area contributed by atoms with Crippen molar-refractivity contribution in [1.29, 1.82) is 0 Å². The van der Waals surface area contributed by atoms with Crippen LogP contribution in [0.1, 0.15) is 42.4 Å². The van der Waals surface area contributed by atoms with E-state index in [1.54, 1.807) is 6.92 Å². The van der Waals surface area contributed by atoms with E-state index in [-0.39, 0.29) is 42.6 Å². The topological polar surface area (TPSA) is 72.2 Å². The molecule has 0 aliphatic carbocycles. The third-order valence-electron chi connectivity index (χ3n) is 3.42. The maximum atomic E-state index is 13.1. The third-order valence-corrected chi connectivity index (χ3v) is 3.42. The molecule has 0 amide bonds. The first-order chi connectivity index (χ1) is 10.7. The Morgan fingerprint density at radius 1 is 1.30 bits per heavy atom. The Balaban J connectivity index is 2.48. The summed E-state index contributed by atoms with van der Waals surface area (Å²) in [5.41, 5.74) is 0.617. The average molecular weight is 328 g/mol. The molecule has 8 heteroatoms. The van der Waals surface area contributed by atoms with E-state index in [4.69, 9.17) is 5.11 Å². The van der Waals surface area contributed by atoms with Gasteiger partial charge in [-0.25, -0.2) is 4.98 Å². The fraction of sp³-hybridized carbons (Fsp3) is 0.400. The molecule has 0 aliphatic rings. The van der Waals surface area contributed by atoms with Crippen LogP contribution in [0.5, 0.6) is 0 Å². The first-order valence-electron chi connectivity index (χ1n) is 7.06. The van der Waals surface area contributed by atoms with Crippen molar-refractivity contribution in [3.05, 3.63) is 29.6 Å². The number of aliphatic carboxylic acids is 1. The normalized spacial score (nSPS) is 11.8.